The van der Waals surface area contributed by atoms with Crippen LogP contribution in [0.5, 0.6) is 5.75 Å². The topological polar surface area (TPSA) is 72.8 Å². The smallest absolute Gasteiger partial charge is 0.483 e. The third-order valence-electron chi connectivity index (χ3n) is 3.72. The first-order valence-corrected chi connectivity index (χ1v) is 7.36. The number of benzene rings is 2. The lowest BCUT2D eigenvalue weighted by Gasteiger charge is -2.26. The summed E-state index contributed by atoms with van der Waals surface area (Å²) in [5.41, 5.74) is 3.53. The van der Waals surface area contributed by atoms with Crippen LogP contribution in [0.2, 0.25) is 0 Å². The third-order valence-corrected chi connectivity index (χ3v) is 3.72. The van der Waals surface area contributed by atoms with Gasteiger partial charge in [-0.1, -0.05) is 70.7 Å². The lowest BCUT2D eigenvalue weighted by atomic mass is 9.78. The van der Waals surface area contributed by atoms with Gasteiger partial charge in [-0.2, -0.15) is 0 Å². The van der Waals surface area contributed by atoms with Gasteiger partial charge in [-0.3, -0.25) is 4.79 Å². The van der Waals surface area contributed by atoms with Crippen molar-refractivity contribution in [1.29, 1.82) is 0 Å². The van der Waals surface area contributed by atoms with Crippen molar-refractivity contribution >= 4 is 12.6 Å². The monoisotopic (exact) mass is 362 g/mol. The van der Waals surface area contributed by atoms with Crippen LogP contribution in [0.3, 0.4) is 0 Å². The van der Waals surface area contributed by atoms with Gasteiger partial charge in [0.1, 0.15) is 5.75 Å². The number of rotatable bonds is 3. The van der Waals surface area contributed by atoms with E-state index in [0.717, 1.165) is 5.56 Å². The van der Waals surface area contributed by atoms with Crippen molar-refractivity contribution in [2.45, 2.75) is 41.0 Å². The Morgan fingerprint density at radius 2 is 1.35 bits per heavy atom. The molecular weight excluding hydrogens is 332 g/mol. The molecule has 0 saturated carbocycles. The van der Waals surface area contributed by atoms with E-state index in [-0.39, 0.29) is 26.7 Å². The summed E-state index contributed by atoms with van der Waals surface area (Å²) in [5.74, 6) is 0.477. The van der Waals surface area contributed by atoms with Crippen molar-refractivity contribution in [3.63, 3.8) is 0 Å². The van der Waals surface area contributed by atoms with Crippen molar-refractivity contribution in [2.75, 3.05) is 7.11 Å². The van der Waals surface area contributed by atoms with Crippen LogP contribution in [0.25, 0.3) is 0 Å². The summed E-state index contributed by atoms with van der Waals surface area (Å²) in [6, 6.07) is 16.0. The Kier molecular flexibility index (Phi) is 11.4. The molecule has 0 amide bonds. The number of aryl methyl sites for hydroxylation is 1. The number of carboxylic acid groups (broad SMARTS) is 1. The van der Waals surface area contributed by atoms with Gasteiger partial charge in [-0.15, -0.1) is 0 Å². The van der Waals surface area contributed by atoms with E-state index in [4.69, 9.17) is 14.6 Å². The first kappa shape index (κ1) is 25.4. The fraction of sp³-hybridized carbons (Fsp3) is 0.333. The second-order valence-corrected chi connectivity index (χ2v) is 5.68. The molecule has 0 heterocycles. The molecule has 5 heteroatoms. The molecule has 0 fully saturated rings. The van der Waals surface area contributed by atoms with Crippen LogP contribution >= 0.6 is 0 Å². The molecule has 0 unspecified atom stereocenters. The van der Waals surface area contributed by atoms with Gasteiger partial charge in [0.25, 0.3) is 6.47 Å². The second kappa shape index (κ2) is 11.7. The van der Waals surface area contributed by atoms with Gasteiger partial charge in [0, 0.05) is 5.41 Å². The van der Waals surface area contributed by atoms with Crippen molar-refractivity contribution in [2.24, 2.45) is 0 Å². The van der Waals surface area contributed by atoms with Crippen molar-refractivity contribution < 1.29 is 24.2 Å². The highest BCUT2D eigenvalue weighted by atomic mass is 16.7. The maximum absolute atomic E-state index is 11.1. The molecule has 2 aromatic carbocycles. The van der Waals surface area contributed by atoms with Gasteiger partial charge in [0.05, 0.1) is 7.11 Å². The Labute approximate surface area is 156 Å². The molecule has 2 aromatic rings. The molecule has 0 atom stereocenters. The second-order valence-electron chi connectivity index (χ2n) is 5.68. The summed E-state index contributed by atoms with van der Waals surface area (Å²) in [7, 11) is 1.29. The first-order valence-electron chi connectivity index (χ1n) is 7.36. The summed E-state index contributed by atoms with van der Waals surface area (Å²) in [6.45, 7) is 6.18. The first-order chi connectivity index (χ1) is 11.3. The van der Waals surface area contributed by atoms with Crippen LogP contribution in [0.15, 0.2) is 48.5 Å². The highest BCUT2D eigenvalue weighted by Gasteiger charge is 2.23. The molecule has 1 N–H and O–H groups in total. The molecule has 0 aliphatic heterocycles. The van der Waals surface area contributed by atoms with Crippen LogP contribution in [0, 0.1) is 6.92 Å². The van der Waals surface area contributed by atoms with Crippen LogP contribution in [-0.2, 0) is 14.9 Å². The number of hydrogen-bond donors (Lipinski definition) is 1. The van der Waals surface area contributed by atoms with Gasteiger partial charge in [0.2, 0.25) is 0 Å². The Morgan fingerprint density at radius 1 is 0.962 bits per heavy atom. The van der Waals surface area contributed by atoms with Crippen molar-refractivity contribution in [3.8, 4) is 5.75 Å². The molecule has 0 saturated heterocycles. The predicted molar refractivity (Wildman–Crippen MR) is 105 cm³/mol. The maximum Gasteiger partial charge on any atom is 0.513 e. The summed E-state index contributed by atoms with van der Waals surface area (Å²) < 4.78 is 9.46. The summed E-state index contributed by atoms with van der Waals surface area (Å²) >= 11 is 0. The molecule has 5 nitrogen and oxygen atoms in total. The van der Waals surface area contributed by atoms with Crippen molar-refractivity contribution in [1.82, 2.24) is 0 Å². The van der Waals surface area contributed by atoms with Crippen LogP contribution in [0.1, 0.15) is 45.4 Å². The Hall–Kier alpha value is -2.82. The lowest BCUT2D eigenvalue weighted by molar-refractivity contribution is -0.122. The van der Waals surface area contributed by atoms with E-state index in [2.05, 4.69) is 49.8 Å². The lowest BCUT2D eigenvalue weighted by Crippen LogP contribution is -2.18. The van der Waals surface area contributed by atoms with E-state index in [1.54, 1.807) is 12.1 Å². The van der Waals surface area contributed by atoms with Crippen LogP contribution < -0.4 is 4.74 Å². The number of carbonyl (C=O) groups excluding carboxylic acids is 1. The van der Waals surface area contributed by atoms with E-state index in [1.807, 2.05) is 12.1 Å². The molecule has 144 valence electrons. The third kappa shape index (κ3) is 6.97. The molecule has 0 spiro atoms. The molecule has 26 heavy (non-hydrogen) atoms. The van der Waals surface area contributed by atoms with Crippen LogP contribution in [-0.4, -0.2) is 24.8 Å². The number of hydrogen-bond acceptors (Lipinski definition) is 4. The van der Waals surface area contributed by atoms with E-state index < -0.39 is 6.16 Å². The largest absolute Gasteiger partial charge is 0.513 e. The number of carbonyl (C=O) groups is 2. The average molecular weight is 362 g/mol. The molecule has 0 aliphatic carbocycles. The maximum atomic E-state index is 11.1. The van der Waals surface area contributed by atoms with Gasteiger partial charge < -0.3 is 14.6 Å². The molecule has 0 aliphatic rings. The summed E-state index contributed by atoms with van der Waals surface area (Å²) in [4.78, 5) is 19.4. The van der Waals surface area contributed by atoms with E-state index in [1.165, 1.54) is 18.2 Å². The fourth-order valence-corrected chi connectivity index (χ4v) is 2.21. The van der Waals surface area contributed by atoms with Crippen LogP contribution in [0.4, 0.5) is 4.79 Å². The zero-order valence-electron chi connectivity index (χ0n) is 14.3. The highest BCUT2D eigenvalue weighted by Crippen LogP contribution is 2.32. The summed E-state index contributed by atoms with van der Waals surface area (Å²) in [6.07, 6.45) is -0.708. The summed E-state index contributed by atoms with van der Waals surface area (Å²) in [5, 5.41) is 6.89. The Balaban J connectivity index is 0. The van der Waals surface area contributed by atoms with E-state index in [0.29, 0.717) is 5.75 Å². The standard InChI is InChI=1S/C18H20O3.CH2O2.2CH4/c1-13-5-7-14(8-6-13)18(2,3)15-9-11-16(12-10-15)21-17(19)20-4;2-1-3;;/h5-12H,1-4H3;1H,(H,2,3);2*1H4. The average Bonchev–Trinajstić information content (AvgIpc) is 2.56. The zero-order chi connectivity index (χ0) is 18.2. The van der Waals surface area contributed by atoms with Crippen molar-refractivity contribution in [3.05, 3.63) is 65.2 Å². The minimum atomic E-state index is -0.708. The van der Waals surface area contributed by atoms with Gasteiger partial charge in [-0.05, 0) is 30.2 Å². The molecule has 0 bridgehead atoms. The Morgan fingerprint density at radius 3 is 1.73 bits per heavy atom. The molecule has 2 rings (SSSR count). The van der Waals surface area contributed by atoms with Gasteiger partial charge in [-0.25, -0.2) is 4.79 Å². The number of ether oxygens (including phenoxy) is 2. The van der Waals surface area contributed by atoms with E-state index in [9.17, 15) is 4.79 Å². The minimum absolute atomic E-state index is 0. The zero-order valence-corrected chi connectivity index (χ0v) is 14.3. The minimum Gasteiger partial charge on any atom is -0.483 e. The van der Waals surface area contributed by atoms with E-state index >= 15 is 0 Å². The highest BCUT2D eigenvalue weighted by molar-refractivity contribution is 5.63. The van der Waals surface area contributed by atoms with Gasteiger partial charge in [0.15, 0.2) is 0 Å². The molecular formula is C21H30O5. The predicted octanol–water partition coefficient (Wildman–Crippen LogP) is 5.44. The van der Waals surface area contributed by atoms with Gasteiger partial charge >= 0.3 is 6.16 Å². The normalized spacial score (nSPS) is 9.38. The quantitative estimate of drug-likeness (QED) is 0.447. The fourth-order valence-electron chi connectivity index (χ4n) is 2.21. The molecule has 0 aromatic heterocycles. The Bertz CT molecular complexity index is 658. The number of methoxy groups -OCH3 is 1. The molecule has 0 radical (unpaired) electrons. The SMILES string of the molecule is C.C.COC(=O)Oc1ccc(C(C)(C)c2ccc(C)cc2)cc1.O=CO.